The Hall–Kier alpha value is -2.82. The van der Waals surface area contributed by atoms with Crippen LogP contribution in [0.5, 0.6) is 0 Å². The predicted molar refractivity (Wildman–Crippen MR) is 93.9 cm³/mol. The Bertz CT molecular complexity index is 722. The Morgan fingerprint density at radius 1 is 0.870 bits per heavy atom. The number of hydrogen-bond acceptors (Lipinski definition) is 3. The third-order valence-corrected chi connectivity index (χ3v) is 3.49. The first kappa shape index (κ1) is 16.5. The van der Waals surface area contributed by atoms with Gasteiger partial charge >= 0.3 is 11.8 Å². The average molecular weight is 311 g/mol. The summed E-state index contributed by atoms with van der Waals surface area (Å²) in [5.74, 6) is -1.38. The molecule has 2 amide bonds. The van der Waals surface area contributed by atoms with Gasteiger partial charge in [-0.15, -0.1) is 0 Å². The molecule has 120 valence electrons. The number of nitrogens with zero attached hydrogens (tertiary/aromatic N) is 1. The fourth-order valence-corrected chi connectivity index (χ4v) is 2.08. The summed E-state index contributed by atoms with van der Waals surface area (Å²) in [5.41, 5.74) is 4.17. The number of hydrogen-bond donors (Lipinski definition) is 2. The normalized spacial score (nSPS) is 10.1. The highest BCUT2D eigenvalue weighted by Crippen LogP contribution is 2.17. The second kappa shape index (κ2) is 6.96. The Labute approximate surface area is 136 Å². The van der Waals surface area contributed by atoms with E-state index in [-0.39, 0.29) is 0 Å². The fourth-order valence-electron chi connectivity index (χ4n) is 2.08. The molecular weight excluding hydrogens is 290 g/mol. The van der Waals surface area contributed by atoms with Crippen molar-refractivity contribution in [2.45, 2.75) is 13.8 Å². The highest BCUT2D eigenvalue weighted by molar-refractivity contribution is 6.43. The van der Waals surface area contributed by atoms with Crippen molar-refractivity contribution in [2.24, 2.45) is 0 Å². The maximum absolute atomic E-state index is 12.0. The smallest absolute Gasteiger partial charge is 0.314 e. The van der Waals surface area contributed by atoms with Crippen molar-refractivity contribution in [2.75, 3.05) is 29.6 Å². The van der Waals surface area contributed by atoms with Gasteiger partial charge in [-0.25, -0.2) is 0 Å². The van der Waals surface area contributed by atoms with E-state index in [4.69, 9.17) is 0 Å². The van der Waals surface area contributed by atoms with E-state index in [0.29, 0.717) is 11.4 Å². The molecule has 2 N–H and O–H groups in total. The van der Waals surface area contributed by atoms with Crippen molar-refractivity contribution in [3.8, 4) is 0 Å². The summed E-state index contributed by atoms with van der Waals surface area (Å²) in [6.45, 7) is 3.81. The molecule has 0 saturated carbocycles. The maximum Gasteiger partial charge on any atom is 0.314 e. The predicted octanol–water partition coefficient (Wildman–Crippen LogP) is 2.95. The number of rotatable bonds is 3. The lowest BCUT2D eigenvalue weighted by Crippen LogP contribution is -2.29. The second-order valence-electron chi connectivity index (χ2n) is 5.67. The SMILES string of the molecule is Cc1ccc(C)c(NC(=O)C(=O)Nc2ccc(N(C)C)cc2)c1. The number of amides is 2. The molecule has 0 radical (unpaired) electrons. The molecule has 23 heavy (non-hydrogen) atoms. The topological polar surface area (TPSA) is 61.4 Å². The first-order valence-electron chi connectivity index (χ1n) is 7.34. The van der Waals surface area contributed by atoms with E-state index in [1.807, 2.05) is 63.2 Å². The molecule has 0 atom stereocenters. The van der Waals surface area contributed by atoms with E-state index >= 15 is 0 Å². The monoisotopic (exact) mass is 311 g/mol. The molecule has 0 aliphatic heterocycles. The van der Waals surface area contributed by atoms with Crippen LogP contribution in [0.2, 0.25) is 0 Å². The van der Waals surface area contributed by atoms with E-state index in [1.54, 1.807) is 12.1 Å². The summed E-state index contributed by atoms with van der Waals surface area (Å²) in [5, 5.41) is 5.23. The van der Waals surface area contributed by atoms with Crippen molar-refractivity contribution in [3.63, 3.8) is 0 Å². The van der Waals surface area contributed by atoms with Crippen LogP contribution in [0.1, 0.15) is 11.1 Å². The van der Waals surface area contributed by atoms with E-state index in [0.717, 1.165) is 16.8 Å². The van der Waals surface area contributed by atoms with Gasteiger partial charge in [-0.05, 0) is 55.3 Å². The van der Waals surface area contributed by atoms with Crippen molar-refractivity contribution in [3.05, 3.63) is 53.6 Å². The van der Waals surface area contributed by atoms with Crippen LogP contribution in [0.3, 0.4) is 0 Å². The number of anilines is 3. The average Bonchev–Trinajstić information content (AvgIpc) is 2.51. The standard InChI is InChI=1S/C18H21N3O2/c1-12-5-6-13(2)16(11-12)20-18(23)17(22)19-14-7-9-15(10-8-14)21(3)4/h5-11H,1-4H3,(H,19,22)(H,20,23). The lowest BCUT2D eigenvalue weighted by molar-refractivity contribution is -0.133. The van der Waals surface area contributed by atoms with Crippen LogP contribution in [-0.4, -0.2) is 25.9 Å². The largest absolute Gasteiger partial charge is 0.378 e. The third kappa shape index (κ3) is 4.32. The zero-order chi connectivity index (χ0) is 17.0. The van der Waals surface area contributed by atoms with E-state index < -0.39 is 11.8 Å². The van der Waals surface area contributed by atoms with Crippen LogP contribution in [0.4, 0.5) is 17.1 Å². The third-order valence-electron chi connectivity index (χ3n) is 3.49. The number of carbonyl (C=O) groups is 2. The molecule has 0 aliphatic rings. The molecule has 5 heteroatoms. The van der Waals surface area contributed by atoms with Gasteiger partial charge in [0.1, 0.15) is 0 Å². The molecule has 0 saturated heterocycles. The summed E-state index contributed by atoms with van der Waals surface area (Å²) in [4.78, 5) is 26.0. The van der Waals surface area contributed by atoms with Gasteiger partial charge in [0.05, 0.1) is 0 Å². The fraction of sp³-hybridized carbons (Fsp3) is 0.222. The summed E-state index contributed by atoms with van der Waals surface area (Å²) in [6, 6.07) is 13.0. The maximum atomic E-state index is 12.0. The molecule has 0 spiro atoms. The van der Waals surface area contributed by atoms with Crippen LogP contribution in [0, 0.1) is 13.8 Å². The molecule has 2 aromatic carbocycles. The first-order valence-corrected chi connectivity index (χ1v) is 7.34. The second-order valence-corrected chi connectivity index (χ2v) is 5.67. The van der Waals surface area contributed by atoms with Crippen LogP contribution in [0.15, 0.2) is 42.5 Å². The molecule has 0 bridgehead atoms. The van der Waals surface area contributed by atoms with Crippen LogP contribution >= 0.6 is 0 Å². The number of carbonyl (C=O) groups excluding carboxylic acids is 2. The van der Waals surface area contributed by atoms with Gasteiger partial charge < -0.3 is 15.5 Å². The number of benzene rings is 2. The zero-order valence-corrected chi connectivity index (χ0v) is 13.8. The van der Waals surface area contributed by atoms with Crippen molar-refractivity contribution < 1.29 is 9.59 Å². The van der Waals surface area contributed by atoms with Crippen LogP contribution in [-0.2, 0) is 9.59 Å². The molecular formula is C18H21N3O2. The Morgan fingerprint density at radius 2 is 1.48 bits per heavy atom. The molecule has 2 aromatic rings. The van der Waals surface area contributed by atoms with Gasteiger partial charge in [0, 0.05) is 31.2 Å². The minimum atomic E-state index is -0.691. The summed E-state index contributed by atoms with van der Waals surface area (Å²) in [7, 11) is 3.87. The van der Waals surface area contributed by atoms with Crippen molar-refractivity contribution in [1.82, 2.24) is 0 Å². The highest BCUT2D eigenvalue weighted by Gasteiger charge is 2.15. The number of aryl methyl sites for hydroxylation is 2. The minimum Gasteiger partial charge on any atom is -0.378 e. The van der Waals surface area contributed by atoms with Crippen molar-refractivity contribution >= 4 is 28.9 Å². The molecule has 0 fully saturated rings. The first-order chi connectivity index (χ1) is 10.9. The molecule has 0 heterocycles. The molecule has 0 aliphatic carbocycles. The zero-order valence-electron chi connectivity index (χ0n) is 13.8. The van der Waals surface area contributed by atoms with Gasteiger partial charge in [0.25, 0.3) is 0 Å². The summed E-state index contributed by atoms with van der Waals surface area (Å²) >= 11 is 0. The van der Waals surface area contributed by atoms with E-state index in [9.17, 15) is 9.59 Å². The summed E-state index contributed by atoms with van der Waals surface area (Å²) in [6.07, 6.45) is 0. The van der Waals surface area contributed by atoms with Gasteiger partial charge in [-0.2, -0.15) is 0 Å². The van der Waals surface area contributed by atoms with Crippen molar-refractivity contribution in [1.29, 1.82) is 0 Å². The Kier molecular flexibility index (Phi) is 5.01. The Morgan fingerprint density at radius 3 is 2.09 bits per heavy atom. The Balaban J connectivity index is 2.02. The minimum absolute atomic E-state index is 0.580. The van der Waals surface area contributed by atoms with Gasteiger partial charge in [0.15, 0.2) is 0 Å². The molecule has 0 aromatic heterocycles. The van der Waals surface area contributed by atoms with Crippen LogP contribution < -0.4 is 15.5 Å². The number of nitrogens with one attached hydrogen (secondary N) is 2. The van der Waals surface area contributed by atoms with Gasteiger partial charge in [0.2, 0.25) is 0 Å². The van der Waals surface area contributed by atoms with E-state index in [1.165, 1.54) is 0 Å². The lowest BCUT2D eigenvalue weighted by Gasteiger charge is -2.13. The quantitative estimate of drug-likeness (QED) is 0.857. The van der Waals surface area contributed by atoms with Crippen LogP contribution in [0.25, 0.3) is 0 Å². The lowest BCUT2D eigenvalue weighted by atomic mass is 10.1. The van der Waals surface area contributed by atoms with E-state index in [2.05, 4.69) is 10.6 Å². The molecule has 5 nitrogen and oxygen atoms in total. The van der Waals surface area contributed by atoms with Gasteiger partial charge in [-0.3, -0.25) is 9.59 Å². The van der Waals surface area contributed by atoms with Gasteiger partial charge in [-0.1, -0.05) is 12.1 Å². The molecule has 0 unspecified atom stereocenters. The summed E-state index contributed by atoms with van der Waals surface area (Å²) < 4.78 is 0. The molecule has 2 rings (SSSR count). The highest BCUT2D eigenvalue weighted by atomic mass is 16.2.